The molecule has 0 bridgehead atoms. The monoisotopic (exact) mass is 266 g/mol. The minimum absolute atomic E-state index is 0.136. The summed E-state index contributed by atoms with van der Waals surface area (Å²) in [5.74, 6) is 1.45. The molecule has 0 radical (unpaired) electrons. The predicted octanol–water partition coefficient (Wildman–Crippen LogP) is 1.21. The SMILES string of the molecule is Cc1cc(C)n2nc(SC[C@@H]3COCO3)nc2n1. The number of hydrogen-bond donors (Lipinski definition) is 0. The first-order valence-corrected chi connectivity index (χ1v) is 6.74. The third kappa shape index (κ3) is 2.33. The summed E-state index contributed by atoms with van der Waals surface area (Å²) in [6, 6.07) is 1.99. The van der Waals surface area contributed by atoms with E-state index in [0.717, 1.165) is 22.3 Å². The van der Waals surface area contributed by atoms with Crippen molar-refractivity contribution >= 4 is 17.5 Å². The number of rotatable bonds is 3. The Morgan fingerprint density at radius 3 is 3.11 bits per heavy atom. The van der Waals surface area contributed by atoms with Gasteiger partial charge in [0, 0.05) is 17.1 Å². The number of nitrogens with zero attached hydrogens (tertiary/aromatic N) is 4. The molecule has 3 rings (SSSR count). The van der Waals surface area contributed by atoms with Crippen molar-refractivity contribution in [2.24, 2.45) is 0 Å². The molecule has 0 N–H and O–H groups in total. The second-order valence-corrected chi connectivity index (χ2v) is 5.22. The molecular formula is C11H14N4O2S. The smallest absolute Gasteiger partial charge is 0.253 e. The van der Waals surface area contributed by atoms with Crippen LogP contribution in [0.3, 0.4) is 0 Å². The minimum Gasteiger partial charge on any atom is -0.353 e. The molecule has 0 amide bonds. The normalized spacial score (nSPS) is 19.8. The first-order valence-electron chi connectivity index (χ1n) is 5.75. The van der Waals surface area contributed by atoms with Gasteiger partial charge >= 0.3 is 0 Å². The van der Waals surface area contributed by atoms with E-state index in [1.54, 1.807) is 16.3 Å². The Labute approximate surface area is 109 Å². The molecule has 1 aliphatic rings. The van der Waals surface area contributed by atoms with E-state index in [4.69, 9.17) is 9.47 Å². The van der Waals surface area contributed by atoms with Gasteiger partial charge in [-0.2, -0.15) is 4.98 Å². The Balaban J connectivity index is 1.78. The lowest BCUT2D eigenvalue weighted by Gasteiger charge is -2.03. The lowest BCUT2D eigenvalue weighted by Crippen LogP contribution is -2.12. The summed E-state index contributed by atoms with van der Waals surface area (Å²) in [6.07, 6.45) is 0.136. The zero-order valence-electron chi connectivity index (χ0n) is 10.3. The van der Waals surface area contributed by atoms with E-state index in [1.807, 2.05) is 19.9 Å². The van der Waals surface area contributed by atoms with Crippen LogP contribution in [0.15, 0.2) is 11.2 Å². The van der Waals surface area contributed by atoms with Crippen LogP contribution in [-0.2, 0) is 9.47 Å². The molecule has 0 aromatic carbocycles. The summed E-state index contributed by atoms with van der Waals surface area (Å²) in [5.41, 5.74) is 1.99. The van der Waals surface area contributed by atoms with Gasteiger partial charge in [-0.15, -0.1) is 5.10 Å². The zero-order valence-corrected chi connectivity index (χ0v) is 11.1. The van der Waals surface area contributed by atoms with Gasteiger partial charge in [-0.25, -0.2) is 9.50 Å². The first kappa shape index (κ1) is 11.9. The molecule has 6 nitrogen and oxygen atoms in total. The van der Waals surface area contributed by atoms with E-state index in [-0.39, 0.29) is 6.10 Å². The third-order valence-corrected chi connectivity index (χ3v) is 3.66. The van der Waals surface area contributed by atoms with E-state index in [1.165, 1.54) is 0 Å². The molecule has 1 fully saturated rings. The fourth-order valence-electron chi connectivity index (χ4n) is 1.84. The molecule has 0 spiro atoms. The Hall–Kier alpha value is -1.18. The second kappa shape index (κ2) is 4.83. The minimum atomic E-state index is 0.136. The maximum Gasteiger partial charge on any atom is 0.253 e. The van der Waals surface area contributed by atoms with Crippen molar-refractivity contribution in [3.8, 4) is 0 Å². The number of hydrogen-bond acceptors (Lipinski definition) is 6. The van der Waals surface area contributed by atoms with Crippen LogP contribution in [0, 0.1) is 13.8 Å². The van der Waals surface area contributed by atoms with Crippen LogP contribution in [0.4, 0.5) is 0 Å². The molecule has 0 saturated carbocycles. The van der Waals surface area contributed by atoms with Crippen LogP contribution in [-0.4, -0.2) is 44.8 Å². The highest BCUT2D eigenvalue weighted by Gasteiger charge is 2.17. The van der Waals surface area contributed by atoms with Gasteiger partial charge in [0.1, 0.15) is 6.79 Å². The molecule has 0 unspecified atom stereocenters. The van der Waals surface area contributed by atoms with Crippen molar-refractivity contribution in [2.75, 3.05) is 19.2 Å². The van der Waals surface area contributed by atoms with Crippen LogP contribution in [0.2, 0.25) is 0 Å². The molecule has 96 valence electrons. The lowest BCUT2D eigenvalue weighted by atomic mass is 10.4. The molecule has 2 aromatic heterocycles. The van der Waals surface area contributed by atoms with Crippen LogP contribution in [0.1, 0.15) is 11.4 Å². The van der Waals surface area contributed by atoms with E-state index in [9.17, 15) is 0 Å². The molecular weight excluding hydrogens is 252 g/mol. The summed E-state index contributed by atoms with van der Waals surface area (Å²) in [7, 11) is 0. The average Bonchev–Trinajstić information content (AvgIpc) is 2.93. The van der Waals surface area contributed by atoms with Gasteiger partial charge in [0.05, 0.1) is 12.7 Å². The van der Waals surface area contributed by atoms with Crippen molar-refractivity contribution in [3.05, 3.63) is 17.5 Å². The zero-order chi connectivity index (χ0) is 12.5. The Kier molecular flexibility index (Phi) is 3.19. The Morgan fingerprint density at radius 1 is 1.44 bits per heavy atom. The number of fused-ring (bicyclic) bond motifs is 1. The van der Waals surface area contributed by atoms with Crippen LogP contribution >= 0.6 is 11.8 Å². The summed E-state index contributed by atoms with van der Waals surface area (Å²) in [5, 5.41) is 5.15. The summed E-state index contributed by atoms with van der Waals surface area (Å²) >= 11 is 1.57. The van der Waals surface area contributed by atoms with Crippen molar-refractivity contribution in [1.82, 2.24) is 19.6 Å². The van der Waals surface area contributed by atoms with E-state index in [0.29, 0.717) is 19.2 Å². The molecule has 7 heteroatoms. The Bertz CT molecular complexity index is 565. The van der Waals surface area contributed by atoms with E-state index >= 15 is 0 Å². The van der Waals surface area contributed by atoms with Gasteiger partial charge in [-0.05, 0) is 19.9 Å². The standard InChI is InChI=1S/C11H14N4O2S/c1-7-3-8(2)15-10(12-7)13-11(14-15)18-5-9-4-16-6-17-9/h3,9H,4-6H2,1-2H3/t9-/m0/s1. The Morgan fingerprint density at radius 2 is 2.33 bits per heavy atom. The maximum absolute atomic E-state index is 5.37. The summed E-state index contributed by atoms with van der Waals surface area (Å²) in [6.45, 7) is 5.00. The molecule has 2 aromatic rings. The highest BCUT2D eigenvalue weighted by Crippen LogP contribution is 2.18. The predicted molar refractivity (Wildman–Crippen MR) is 66.7 cm³/mol. The second-order valence-electron chi connectivity index (χ2n) is 4.23. The molecule has 0 aliphatic carbocycles. The van der Waals surface area contributed by atoms with Gasteiger partial charge in [-0.3, -0.25) is 0 Å². The quantitative estimate of drug-likeness (QED) is 0.778. The third-order valence-electron chi connectivity index (χ3n) is 2.69. The largest absolute Gasteiger partial charge is 0.353 e. The van der Waals surface area contributed by atoms with Crippen molar-refractivity contribution in [2.45, 2.75) is 25.1 Å². The van der Waals surface area contributed by atoms with Gasteiger partial charge in [0.15, 0.2) is 0 Å². The van der Waals surface area contributed by atoms with Crippen molar-refractivity contribution < 1.29 is 9.47 Å². The average molecular weight is 266 g/mol. The molecule has 1 saturated heterocycles. The number of aromatic nitrogens is 4. The fourth-order valence-corrected chi connectivity index (χ4v) is 2.66. The number of thioether (sulfide) groups is 1. The topological polar surface area (TPSA) is 61.5 Å². The number of aryl methyl sites for hydroxylation is 2. The van der Waals surface area contributed by atoms with E-state index < -0.39 is 0 Å². The molecule has 3 heterocycles. The molecule has 1 aliphatic heterocycles. The lowest BCUT2D eigenvalue weighted by molar-refractivity contribution is 0.0524. The highest BCUT2D eigenvalue weighted by molar-refractivity contribution is 7.99. The van der Waals surface area contributed by atoms with Crippen molar-refractivity contribution in [3.63, 3.8) is 0 Å². The van der Waals surface area contributed by atoms with Gasteiger partial charge in [-0.1, -0.05) is 11.8 Å². The van der Waals surface area contributed by atoms with Crippen LogP contribution < -0.4 is 0 Å². The summed E-state index contributed by atoms with van der Waals surface area (Å²) < 4.78 is 12.3. The summed E-state index contributed by atoms with van der Waals surface area (Å²) in [4.78, 5) is 8.76. The van der Waals surface area contributed by atoms with Gasteiger partial charge < -0.3 is 9.47 Å². The fraction of sp³-hybridized carbons (Fsp3) is 0.545. The highest BCUT2D eigenvalue weighted by atomic mass is 32.2. The van der Waals surface area contributed by atoms with Crippen LogP contribution in [0.25, 0.3) is 5.78 Å². The maximum atomic E-state index is 5.37. The molecule has 18 heavy (non-hydrogen) atoms. The van der Waals surface area contributed by atoms with Crippen LogP contribution in [0.5, 0.6) is 0 Å². The van der Waals surface area contributed by atoms with Crippen molar-refractivity contribution in [1.29, 1.82) is 0 Å². The molecule has 1 atom stereocenters. The number of ether oxygens (including phenoxy) is 2. The van der Waals surface area contributed by atoms with E-state index in [2.05, 4.69) is 15.1 Å². The van der Waals surface area contributed by atoms with Gasteiger partial charge in [0.25, 0.3) is 5.78 Å². The first-order chi connectivity index (χ1) is 8.72. The van der Waals surface area contributed by atoms with Gasteiger partial charge in [0.2, 0.25) is 5.16 Å².